The fourth-order valence-electron chi connectivity index (χ4n) is 7.89. The van der Waals surface area contributed by atoms with Crippen molar-refractivity contribution in [1.29, 1.82) is 0 Å². The van der Waals surface area contributed by atoms with Crippen molar-refractivity contribution in [1.82, 2.24) is 0 Å². The van der Waals surface area contributed by atoms with Crippen LogP contribution in [0.3, 0.4) is 0 Å². The summed E-state index contributed by atoms with van der Waals surface area (Å²) in [6, 6.07) is 0. The summed E-state index contributed by atoms with van der Waals surface area (Å²) in [5.74, 6) is -4.51. The highest BCUT2D eigenvalue weighted by molar-refractivity contribution is 6.04. The van der Waals surface area contributed by atoms with E-state index in [4.69, 9.17) is 14.2 Å². The molecule has 9 atom stereocenters. The summed E-state index contributed by atoms with van der Waals surface area (Å²) in [7, 11) is 0. The minimum Gasteiger partial charge on any atom is -0.465 e. The van der Waals surface area contributed by atoms with Gasteiger partial charge in [0.25, 0.3) is 0 Å². The molecule has 6 rings (SSSR count). The predicted molar refractivity (Wildman–Crippen MR) is 110 cm³/mol. The summed E-state index contributed by atoms with van der Waals surface area (Å²) in [4.78, 5) is 37.1. The zero-order chi connectivity index (χ0) is 23.3. The van der Waals surface area contributed by atoms with Crippen LogP contribution in [0.2, 0.25) is 0 Å². The van der Waals surface area contributed by atoms with Crippen molar-refractivity contribution in [2.24, 2.45) is 34.0 Å². The van der Waals surface area contributed by atoms with Gasteiger partial charge >= 0.3 is 11.9 Å². The van der Waals surface area contributed by atoms with Gasteiger partial charge in [0.2, 0.25) is 5.79 Å². The maximum Gasteiger partial charge on any atom is 0.302 e. The van der Waals surface area contributed by atoms with Gasteiger partial charge in [0.15, 0.2) is 5.78 Å². The molecule has 2 heterocycles. The Hall–Kier alpha value is -2.03. The van der Waals surface area contributed by atoms with Gasteiger partial charge in [0, 0.05) is 42.4 Å². The van der Waals surface area contributed by atoms with E-state index in [9.17, 15) is 24.6 Å². The van der Waals surface area contributed by atoms with Gasteiger partial charge in [-0.2, -0.15) is 0 Å². The van der Waals surface area contributed by atoms with E-state index in [2.05, 4.69) is 6.58 Å². The molecule has 8 heteroatoms. The Bertz CT molecular complexity index is 956. The normalized spacial score (nSPS) is 50.6. The minimum atomic E-state index is -2.11. The second-order valence-electron chi connectivity index (χ2n) is 10.6. The minimum absolute atomic E-state index is 0.0907. The lowest BCUT2D eigenvalue weighted by Crippen LogP contribution is -2.82. The number of hydrogen-bond donors (Lipinski definition) is 2. The standard InChI is InChI=1S/C24H30O8/c1-12-15-5-6-16-22-8-7-17(32-14(3)26)21(4,10-30-13(2)25)18(22)20(28)24(29,31-11-22)23(16,9-15)19(12)27/h5-6,15-18,20,28-29H,1,7-11H2,2-4H3/t15-,16+,17+,18-,20+,21-,22+,23+,24-/m1/s1. The number of hydrogen-bond acceptors (Lipinski definition) is 8. The van der Waals surface area contributed by atoms with Crippen LogP contribution < -0.4 is 0 Å². The van der Waals surface area contributed by atoms with E-state index in [1.54, 1.807) is 0 Å². The molecule has 5 fully saturated rings. The Morgan fingerprint density at radius 3 is 2.66 bits per heavy atom. The summed E-state index contributed by atoms with van der Waals surface area (Å²) in [5.41, 5.74) is -2.55. The molecule has 4 aliphatic carbocycles. The van der Waals surface area contributed by atoms with Crippen LogP contribution in [0.25, 0.3) is 0 Å². The highest BCUT2D eigenvalue weighted by atomic mass is 16.6. The van der Waals surface area contributed by atoms with Crippen LogP contribution in [-0.2, 0) is 28.6 Å². The lowest BCUT2D eigenvalue weighted by molar-refractivity contribution is -0.435. The maximum atomic E-state index is 13.5. The number of allylic oxidation sites excluding steroid dienone is 3. The van der Waals surface area contributed by atoms with Crippen molar-refractivity contribution in [3.05, 3.63) is 24.3 Å². The Labute approximate surface area is 186 Å². The number of Topliss-reactive ketones (excluding diaryl/α,β-unsaturated/α-hetero) is 1. The third kappa shape index (κ3) is 2.30. The summed E-state index contributed by atoms with van der Waals surface area (Å²) in [6.45, 7) is 8.45. The number of rotatable bonds is 3. The smallest absolute Gasteiger partial charge is 0.302 e. The van der Waals surface area contributed by atoms with Gasteiger partial charge in [-0.1, -0.05) is 25.7 Å². The number of carbonyl (C=O) groups excluding carboxylic acids is 3. The molecule has 32 heavy (non-hydrogen) atoms. The number of aliphatic hydroxyl groups is 2. The van der Waals surface area contributed by atoms with E-state index in [-0.39, 0.29) is 30.8 Å². The molecular formula is C24H30O8. The van der Waals surface area contributed by atoms with Crippen LogP contribution in [0.4, 0.5) is 0 Å². The van der Waals surface area contributed by atoms with E-state index < -0.39 is 52.1 Å². The van der Waals surface area contributed by atoms with Gasteiger partial charge in [-0.25, -0.2) is 0 Å². The molecule has 2 spiro atoms. The molecule has 2 N–H and O–H groups in total. The Balaban J connectivity index is 1.68. The maximum absolute atomic E-state index is 13.5. The largest absolute Gasteiger partial charge is 0.465 e. The van der Waals surface area contributed by atoms with E-state index in [0.29, 0.717) is 24.8 Å². The molecule has 6 aliphatic rings. The average molecular weight is 446 g/mol. The molecule has 0 aromatic heterocycles. The van der Waals surface area contributed by atoms with Crippen LogP contribution in [-0.4, -0.2) is 59.1 Å². The number of carbonyl (C=O) groups is 3. The van der Waals surface area contributed by atoms with Crippen molar-refractivity contribution >= 4 is 17.7 Å². The molecule has 2 saturated heterocycles. The van der Waals surface area contributed by atoms with Gasteiger partial charge in [-0.05, 0) is 24.8 Å². The molecule has 0 amide bonds. The van der Waals surface area contributed by atoms with E-state index in [1.165, 1.54) is 13.8 Å². The van der Waals surface area contributed by atoms with Crippen LogP contribution in [0.5, 0.6) is 0 Å². The summed E-state index contributed by atoms with van der Waals surface area (Å²) in [5, 5.41) is 23.6. The molecule has 3 saturated carbocycles. The van der Waals surface area contributed by atoms with Crippen molar-refractivity contribution in [3.63, 3.8) is 0 Å². The predicted octanol–water partition coefficient (Wildman–Crippen LogP) is 1.29. The van der Waals surface area contributed by atoms with Crippen LogP contribution >= 0.6 is 0 Å². The van der Waals surface area contributed by atoms with Gasteiger partial charge < -0.3 is 24.4 Å². The molecule has 8 nitrogen and oxygen atoms in total. The quantitative estimate of drug-likeness (QED) is 0.378. The zero-order valence-electron chi connectivity index (χ0n) is 18.6. The summed E-state index contributed by atoms with van der Waals surface area (Å²) in [6.07, 6.45) is 3.25. The molecule has 2 aliphatic heterocycles. The highest BCUT2D eigenvalue weighted by Crippen LogP contribution is 2.75. The summed E-state index contributed by atoms with van der Waals surface area (Å²) >= 11 is 0. The van der Waals surface area contributed by atoms with Crippen molar-refractivity contribution < 1.29 is 38.8 Å². The number of esters is 2. The number of aliphatic hydroxyl groups excluding tert-OH is 1. The molecule has 0 radical (unpaired) electrons. The van der Waals surface area contributed by atoms with Crippen molar-refractivity contribution in [3.8, 4) is 0 Å². The number of fused-ring (bicyclic) bond motifs is 2. The number of ether oxygens (including phenoxy) is 3. The van der Waals surface area contributed by atoms with E-state index in [0.717, 1.165) is 0 Å². The molecular weight excluding hydrogens is 416 g/mol. The second-order valence-corrected chi connectivity index (χ2v) is 10.6. The van der Waals surface area contributed by atoms with Crippen LogP contribution in [0.1, 0.15) is 40.0 Å². The number of ketones is 1. The lowest BCUT2D eigenvalue weighted by atomic mass is 9.37. The van der Waals surface area contributed by atoms with Gasteiger partial charge in [-0.15, -0.1) is 0 Å². The summed E-state index contributed by atoms with van der Waals surface area (Å²) < 4.78 is 17.0. The third-order valence-electron chi connectivity index (χ3n) is 9.12. The van der Waals surface area contributed by atoms with Crippen LogP contribution in [0.15, 0.2) is 24.3 Å². The first kappa shape index (κ1) is 21.8. The Morgan fingerprint density at radius 2 is 2.00 bits per heavy atom. The van der Waals surface area contributed by atoms with E-state index >= 15 is 0 Å². The zero-order valence-corrected chi connectivity index (χ0v) is 18.6. The lowest BCUT2D eigenvalue weighted by Gasteiger charge is -2.73. The Kier molecular flexibility index (Phi) is 4.44. The topological polar surface area (TPSA) is 119 Å². The first-order valence-electron chi connectivity index (χ1n) is 11.2. The van der Waals surface area contributed by atoms with Gasteiger partial charge in [0.05, 0.1) is 12.0 Å². The fourth-order valence-corrected chi connectivity index (χ4v) is 7.89. The third-order valence-corrected chi connectivity index (χ3v) is 9.12. The first-order chi connectivity index (χ1) is 14.9. The van der Waals surface area contributed by atoms with Gasteiger partial charge in [0.1, 0.15) is 18.8 Å². The monoisotopic (exact) mass is 446 g/mol. The highest BCUT2D eigenvalue weighted by Gasteiger charge is 2.83. The van der Waals surface area contributed by atoms with Crippen molar-refractivity contribution in [2.75, 3.05) is 13.2 Å². The first-order valence-corrected chi connectivity index (χ1v) is 11.2. The molecule has 0 unspecified atom stereocenters. The SMILES string of the molecule is C=C1C(=O)[C@]23C[C@H]1C=C[C@H]2[C@@]12CC[C@H](OC(C)=O)[C@@](C)(COC(C)=O)[C@H]1[C@H](O)[C@@]3(O)OC2. The second kappa shape index (κ2) is 6.52. The molecule has 174 valence electrons. The van der Waals surface area contributed by atoms with Crippen molar-refractivity contribution in [2.45, 2.75) is 58.0 Å². The molecule has 4 bridgehead atoms. The molecule has 0 aromatic carbocycles. The fraction of sp³-hybridized carbons (Fsp3) is 0.708. The van der Waals surface area contributed by atoms with Crippen LogP contribution in [0, 0.1) is 34.0 Å². The Morgan fingerprint density at radius 1 is 1.28 bits per heavy atom. The average Bonchev–Trinajstić information content (AvgIpc) is 2.92. The van der Waals surface area contributed by atoms with Gasteiger partial charge in [-0.3, -0.25) is 14.4 Å². The van der Waals surface area contributed by atoms with E-state index in [1.807, 2.05) is 19.1 Å². The molecule has 0 aromatic rings.